The monoisotopic (exact) mass is 308 g/mol. The molecule has 0 fully saturated rings. The van der Waals surface area contributed by atoms with Crippen molar-refractivity contribution in [1.82, 2.24) is 0 Å². The quantitative estimate of drug-likeness (QED) is 0.376. The van der Waals surface area contributed by atoms with E-state index in [0.717, 1.165) is 17.5 Å². The topological polar surface area (TPSA) is 17.1 Å². The van der Waals surface area contributed by atoms with Gasteiger partial charge in [-0.3, -0.25) is 4.79 Å². The van der Waals surface area contributed by atoms with Crippen LogP contribution >= 0.6 is 0 Å². The van der Waals surface area contributed by atoms with Crippen LogP contribution in [0.3, 0.4) is 0 Å². The van der Waals surface area contributed by atoms with Gasteiger partial charge in [-0.25, -0.2) is 0 Å². The van der Waals surface area contributed by atoms with Crippen molar-refractivity contribution < 1.29 is 4.79 Å². The molecule has 0 bridgehead atoms. The van der Waals surface area contributed by atoms with Gasteiger partial charge in [0, 0.05) is 11.1 Å². The Bertz CT molecular complexity index is 586. The highest BCUT2D eigenvalue weighted by atomic mass is 16.1. The third kappa shape index (κ3) is 5.67. The molecule has 0 amide bonds. The van der Waals surface area contributed by atoms with Crippen LogP contribution in [0.5, 0.6) is 0 Å². The molecule has 1 nitrogen and oxygen atoms in total. The van der Waals surface area contributed by atoms with Crippen molar-refractivity contribution in [3.8, 4) is 0 Å². The van der Waals surface area contributed by atoms with Crippen LogP contribution in [0.1, 0.15) is 73.4 Å². The molecule has 1 heteroatoms. The van der Waals surface area contributed by atoms with E-state index in [9.17, 15) is 4.79 Å². The van der Waals surface area contributed by atoms with Gasteiger partial charge in [0.1, 0.15) is 0 Å². The summed E-state index contributed by atoms with van der Waals surface area (Å²) in [5, 5.41) is 0. The maximum Gasteiger partial charge on any atom is 0.193 e. The van der Waals surface area contributed by atoms with Crippen molar-refractivity contribution in [2.24, 2.45) is 0 Å². The number of carbonyl (C=O) groups is 1. The zero-order chi connectivity index (χ0) is 16.3. The van der Waals surface area contributed by atoms with E-state index in [0.29, 0.717) is 0 Å². The highest BCUT2D eigenvalue weighted by Gasteiger charge is 2.12. The summed E-state index contributed by atoms with van der Waals surface area (Å²) in [4.78, 5) is 12.7. The predicted octanol–water partition coefficient (Wildman–Crippen LogP) is 6.21. The minimum Gasteiger partial charge on any atom is -0.289 e. The Balaban J connectivity index is 1.89. The summed E-state index contributed by atoms with van der Waals surface area (Å²) in [6.07, 6.45) is 10.1. The Kier molecular flexibility index (Phi) is 7.59. The average molecular weight is 308 g/mol. The molecule has 122 valence electrons. The van der Waals surface area contributed by atoms with Crippen molar-refractivity contribution in [3.05, 3.63) is 71.3 Å². The molecule has 0 saturated carbocycles. The fourth-order valence-electron chi connectivity index (χ4n) is 2.98. The van der Waals surface area contributed by atoms with E-state index in [1.54, 1.807) is 0 Å². The largest absolute Gasteiger partial charge is 0.289 e. The highest BCUT2D eigenvalue weighted by molar-refractivity contribution is 6.09. The number of rotatable bonds is 10. The molecule has 2 aromatic rings. The van der Waals surface area contributed by atoms with E-state index in [-0.39, 0.29) is 5.78 Å². The van der Waals surface area contributed by atoms with Gasteiger partial charge in [0.15, 0.2) is 5.78 Å². The maximum atomic E-state index is 12.7. The lowest BCUT2D eigenvalue weighted by Gasteiger charge is -2.09. The van der Waals surface area contributed by atoms with E-state index in [4.69, 9.17) is 0 Å². The lowest BCUT2D eigenvalue weighted by Crippen LogP contribution is -2.05. The van der Waals surface area contributed by atoms with Crippen molar-refractivity contribution in [3.63, 3.8) is 0 Å². The summed E-state index contributed by atoms with van der Waals surface area (Å²) in [6, 6.07) is 17.7. The molecule has 0 spiro atoms. The second-order valence-electron chi connectivity index (χ2n) is 6.22. The van der Waals surface area contributed by atoms with Crippen LogP contribution in [-0.4, -0.2) is 5.78 Å². The number of unbranched alkanes of at least 4 members (excludes halogenated alkanes) is 6. The number of aryl methyl sites for hydroxylation is 1. The van der Waals surface area contributed by atoms with Crippen molar-refractivity contribution in [1.29, 1.82) is 0 Å². The van der Waals surface area contributed by atoms with E-state index in [2.05, 4.69) is 13.0 Å². The van der Waals surface area contributed by atoms with Gasteiger partial charge in [0.25, 0.3) is 0 Å². The van der Waals surface area contributed by atoms with E-state index < -0.39 is 0 Å². The summed E-state index contributed by atoms with van der Waals surface area (Å²) in [5.41, 5.74) is 2.83. The van der Waals surface area contributed by atoms with E-state index in [1.165, 1.54) is 50.5 Å². The molecule has 0 atom stereocenters. The Morgan fingerprint density at radius 2 is 1.35 bits per heavy atom. The predicted molar refractivity (Wildman–Crippen MR) is 98.0 cm³/mol. The SMILES string of the molecule is CCCCCCCCCc1ccccc1C(=O)c1ccccc1. The molecule has 0 aliphatic carbocycles. The van der Waals surface area contributed by atoms with E-state index in [1.807, 2.05) is 48.5 Å². The number of hydrogen-bond donors (Lipinski definition) is 0. The van der Waals surface area contributed by atoms with Crippen LogP contribution in [0.25, 0.3) is 0 Å². The Hall–Kier alpha value is -1.89. The van der Waals surface area contributed by atoms with Gasteiger partial charge in [-0.05, 0) is 18.4 Å². The Morgan fingerprint density at radius 1 is 0.739 bits per heavy atom. The van der Waals surface area contributed by atoms with Gasteiger partial charge < -0.3 is 0 Å². The lowest BCUT2D eigenvalue weighted by molar-refractivity contribution is 0.103. The molecule has 23 heavy (non-hydrogen) atoms. The summed E-state index contributed by atoms with van der Waals surface area (Å²) < 4.78 is 0. The van der Waals surface area contributed by atoms with Crippen LogP contribution in [0.15, 0.2) is 54.6 Å². The fourth-order valence-corrected chi connectivity index (χ4v) is 2.98. The Morgan fingerprint density at radius 3 is 2.09 bits per heavy atom. The summed E-state index contributed by atoms with van der Waals surface area (Å²) >= 11 is 0. The number of ketones is 1. The third-order valence-electron chi connectivity index (χ3n) is 4.35. The third-order valence-corrected chi connectivity index (χ3v) is 4.35. The molecule has 2 aromatic carbocycles. The molecule has 2 rings (SSSR count). The molecule has 0 N–H and O–H groups in total. The molecular formula is C22H28O. The van der Waals surface area contributed by atoms with Crippen LogP contribution in [0.2, 0.25) is 0 Å². The van der Waals surface area contributed by atoms with Crippen LogP contribution in [0.4, 0.5) is 0 Å². The first kappa shape index (κ1) is 17.5. The first-order chi connectivity index (χ1) is 11.3. The van der Waals surface area contributed by atoms with Gasteiger partial charge in [0.2, 0.25) is 0 Å². The molecule has 0 unspecified atom stereocenters. The molecule has 0 aliphatic heterocycles. The van der Waals surface area contributed by atoms with Crippen LogP contribution in [-0.2, 0) is 6.42 Å². The number of benzene rings is 2. The first-order valence-electron chi connectivity index (χ1n) is 9.00. The molecular weight excluding hydrogens is 280 g/mol. The van der Waals surface area contributed by atoms with Gasteiger partial charge in [-0.1, -0.05) is 100 Å². The molecule has 0 heterocycles. The van der Waals surface area contributed by atoms with Gasteiger partial charge >= 0.3 is 0 Å². The van der Waals surface area contributed by atoms with Crippen molar-refractivity contribution in [2.45, 2.75) is 58.3 Å². The van der Waals surface area contributed by atoms with Crippen LogP contribution in [0, 0.1) is 0 Å². The second-order valence-corrected chi connectivity index (χ2v) is 6.22. The maximum absolute atomic E-state index is 12.7. The zero-order valence-corrected chi connectivity index (χ0v) is 14.3. The first-order valence-corrected chi connectivity index (χ1v) is 9.00. The van der Waals surface area contributed by atoms with E-state index >= 15 is 0 Å². The van der Waals surface area contributed by atoms with Gasteiger partial charge in [-0.15, -0.1) is 0 Å². The number of carbonyl (C=O) groups excluding carboxylic acids is 1. The smallest absolute Gasteiger partial charge is 0.193 e. The summed E-state index contributed by atoms with van der Waals surface area (Å²) in [5.74, 6) is 0.143. The highest BCUT2D eigenvalue weighted by Crippen LogP contribution is 2.18. The Labute approximate surface area is 140 Å². The summed E-state index contributed by atoms with van der Waals surface area (Å²) in [7, 11) is 0. The minimum absolute atomic E-state index is 0.143. The van der Waals surface area contributed by atoms with Crippen molar-refractivity contribution in [2.75, 3.05) is 0 Å². The molecule has 0 aromatic heterocycles. The number of hydrogen-bond acceptors (Lipinski definition) is 1. The van der Waals surface area contributed by atoms with Gasteiger partial charge in [0.05, 0.1) is 0 Å². The van der Waals surface area contributed by atoms with Crippen molar-refractivity contribution >= 4 is 5.78 Å². The standard InChI is InChI=1S/C22H28O/c1-2-3-4-5-6-7-9-14-19-15-12-13-18-21(19)22(23)20-16-10-8-11-17-20/h8,10-13,15-18H,2-7,9,14H2,1H3. The minimum atomic E-state index is 0.143. The molecule has 0 radical (unpaired) electrons. The van der Waals surface area contributed by atoms with Crippen LogP contribution < -0.4 is 0 Å². The normalized spacial score (nSPS) is 10.7. The average Bonchev–Trinajstić information content (AvgIpc) is 2.61. The fraction of sp³-hybridized carbons (Fsp3) is 0.409. The summed E-state index contributed by atoms with van der Waals surface area (Å²) in [6.45, 7) is 2.25. The second kappa shape index (κ2) is 9.99. The molecule has 0 aliphatic rings. The van der Waals surface area contributed by atoms with Gasteiger partial charge in [-0.2, -0.15) is 0 Å². The molecule has 0 saturated heterocycles. The zero-order valence-electron chi connectivity index (χ0n) is 14.3. The lowest BCUT2D eigenvalue weighted by atomic mass is 9.95.